The van der Waals surface area contributed by atoms with E-state index in [0.29, 0.717) is 8.93 Å². The molecule has 2 aromatic rings. The minimum atomic E-state index is -0.217. The Morgan fingerprint density at radius 1 is 1.06 bits per heavy atom. The van der Waals surface area contributed by atoms with Crippen LogP contribution in [0.5, 0.6) is 0 Å². The fourth-order valence-electron chi connectivity index (χ4n) is 1.58. The van der Waals surface area contributed by atoms with Crippen LogP contribution < -0.4 is 0 Å². The van der Waals surface area contributed by atoms with Crippen molar-refractivity contribution in [2.75, 3.05) is 0 Å². The van der Waals surface area contributed by atoms with Crippen molar-refractivity contribution in [1.29, 1.82) is 0 Å². The van der Waals surface area contributed by atoms with Gasteiger partial charge in [-0.05, 0) is 0 Å². The zero-order valence-corrected chi connectivity index (χ0v) is 12.8. The average molecular weight is 321 g/mol. The molecule has 3 nitrogen and oxygen atoms in total. The highest BCUT2D eigenvalue weighted by atomic mass is 35.5. The molecule has 2 heterocycles. The number of hydrogen-bond donors (Lipinski definition) is 0. The molecule has 0 fully saturated rings. The van der Waals surface area contributed by atoms with E-state index < -0.39 is 0 Å². The Balaban J connectivity index is 2.16. The molecule has 2 unspecified atom stereocenters. The van der Waals surface area contributed by atoms with Crippen molar-refractivity contribution < 1.29 is 4.79 Å². The van der Waals surface area contributed by atoms with E-state index in [4.69, 9.17) is 23.2 Å². The summed E-state index contributed by atoms with van der Waals surface area (Å²) >= 11 is 14.2. The van der Waals surface area contributed by atoms with Gasteiger partial charge in [-0.1, -0.05) is 37.0 Å². The fraction of sp³-hybridized carbons (Fsp3) is 0.364. The Hall–Kier alpha value is -0.490. The van der Waals surface area contributed by atoms with Crippen molar-refractivity contribution in [1.82, 2.24) is 9.97 Å². The van der Waals surface area contributed by atoms with E-state index in [9.17, 15) is 4.79 Å². The largest absolute Gasteiger partial charge is 0.298 e. The van der Waals surface area contributed by atoms with Crippen molar-refractivity contribution in [3.63, 3.8) is 0 Å². The topological polar surface area (TPSA) is 42.9 Å². The Kier molecular flexibility index (Phi) is 4.37. The molecule has 0 saturated heterocycles. The van der Waals surface area contributed by atoms with Crippen LogP contribution in [0.1, 0.15) is 35.4 Å². The number of carbonyl (C=O) groups excluding carboxylic acids is 1. The lowest BCUT2D eigenvalue weighted by atomic mass is 9.94. The highest BCUT2D eigenvalue weighted by molar-refractivity contribution is 7.16. The lowest BCUT2D eigenvalue weighted by Gasteiger charge is -2.12. The molecule has 0 N–H and O–H groups in total. The van der Waals surface area contributed by atoms with Crippen molar-refractivity contribution in [2.24, 2.45) is 0 Å². The average Bonchev–Trinajstić information content (AvgIpc) is 2.95. The SMILES string of the molecule is CC(C(=O)C(C)c1cnc(Cl)s1)c1cnc(Cl)s1. The van der Waals surface area contributed by atoms with Gasteiger partial charge in [-0.2, -0.15) is 0 Å². The number of thiazole rings is 2. The number of ketones is 1. The smallest absolute Gasteiger partial charge is 0.183 e. The van der Waals surface area contributed by atoms with E-state index in [1.54, 1.807) is 12.4 Å². The van der Waals surface area contributed by atoms with Crippen LogP contribution in [0.25, 0.3) is 0 Å². The predicted molar refractivity (Wildman–Crippen MR) is 76.1 cm³/mol. The van der Waals surface area contributed by atoms with Crippen molar-refractivity contribution in [3.05, 3.63) is 31.1 Å². The van der Waals surface area contributed by atoms with Gasteiger partial charge in [0.1, 0.15) is 5.78 Å². The number of Topliss-reactive ketones (excluding diaryl/α,β-unsaturated/α-hetero) is 1. The van der Waals surface area contributed by atoms with Gasteiger partial charge in [-0.15, -0.1) is 22.7 Å². The van der Waals surface area contributed by atoms with Gasteiger partial charge < -0.3 is 0 Å². The minimum absolute atomic E-state index is 0.121. The first-order valence-electron chi connectivity index (χ1n) is 5.25. The first-order valence-corrected chi connectivity index (χ1v) is 7.64. The standard InChI is InChI=1S/C11H10Cl2N2OS2/c1-5(7-3-14-10(12)17-7)9(16)6(2)8-4-15-11(13)18-8/h3-6H,1-2H3. The first kappa shape index (κ1) is 13.9. The van der Waals surface area contributed by atoms with Crippen LogP contribution in [-0.4, -0.2) is 15.8 Å². The summed E-state index contributed by atoms with van der Waals surface area (Å²) in [4.78, 5) is 22.0. The number of nitrogens with zero attached hydrogens (tertiary/aromatic N) is 2. The predicted octanol–water partition coefficient (Wildman–Crippen LogP) is 4.38. The van der Waals surface area contributed by atoms with Gasteiger partial charge in [-0.25, -0.2) is 9.97 Å². The van der Waals surface area contributed by atoms with Gasteiger partial charge in [0, 0.05) is 22.1 Å². The second kappa shape index (κ2) is 5.65. The summed E-state index contributed by atoms with van der Waals surface area (Å²) in [5, 5.41) is 0. The van der Waals surface area contributed by atoms with E-state index in [1.807, 2.05) is 13.8 Å². The summed E-state index contributed by atoms with van der Waals surface area (Å²) in [6.45, 7) is 3.73. The molecule has 2 rings (SSSR count). The van der Waals surface area contributed by atoms with Gasteiger partial charge in [0.15, 0.2) is 8.93 Å². The van der Waals surface area contributed by atoms with Gasteiger partial charge in [0.2, 0.25) is 0 Å². The van der Waals surface area contributed by atoms with Crippen LogP contribution in [0.3, 0.4) is 0 Å². The molecule has 96 valence electrons. The molecule has 7 heteroatoms. The summed E-state index contributed by atoms with van der Waals surface area (Å²) in [7, 11) is 0. The monoisotopic (exact) mass is 320 g/mol. The summed E-state index contributed by atoms with van der Waals surface area (Å²) < 4.78 is 0.913. The normalized spacial score (nSPS) is 14.4. The fourth-order valence-corrected chi connectivity index (χ4v) is 3.61. The molecule has 0 aromatic carbocycles. The molecule has 0 aliphatic heterocycles. The van der Waals surface area contributed by atoms with Crippen molar-refractivity contribution in [3.8, 4) is 0 Å². The minimum Gasteiger partial charge on any atom is -0.298 e. The second-order valence-electron chi connectivity index (χ2n) is 3.88. The Bertz CT molecular complexity index is 519. The molecule has 0 aliphatic carbocycles. The maximum atomic E-state index is 12.3. The molecule has 18 heavy (non-hydrogen) atoms. The van der Waals surface area contributed by atoms with E-state index in [-0.39, 0.29) is 17.6 Å². The van der Waals surface area contributed by atoms with E-state index in [1.165, 1.54) is 22.7 Å². The van der Waals surface area contributed by atoms with Crippen LogP contribution in [0, 0.1) is 0 Å². The maximum absolute atomic E-state index is 12.3. The molecular weight excluding hydrogens is 311 g/mol. The molecule has 0 spiro atoms. The summed E-state index contributed by atoms with van der Waals surface area (Å²) in [5.74, 6) is -0.313. The van der Waals surface area contributed by atoms with Crippen LogP contribution in [-0.2, 0) is 4.79 Å². The van der Waals surface area contributed by atoms with Gasteiger partial charge in [0.05, 0.1) is 11.8 Å². The third-order valence-electron chi connectivity index (χ3n) is 2.70. The summed E-state index contributed by atoms with van der Waals surface area (Å²) in [6.07, 6.45) is 3.31. The van der Waals surface area contributed by atoms with Gasteiger partial charge in [0.25, 0.3) is 0 Å². The second-order valence-corrected chi connectivity index (χ2v) is 7.17. The molecular formula is C11H10Cl2N2OS2. The third-order valence-corrected chi connectivity index (χ3v) is 5.29. The van der Waals surface area contributed by atoms with E-state index >= 15 is 0 Å². The Morgan fingerprint density at radius 3 is 1.72 bits per heavy atom. The van der Waals surface area contributed by atoms with Gasteiger partial charge >= 0.3 is 0 Å². The molecule has 2 atom stereocenters. The number of hydrogen-bond acceptors (Lipinski definition) is 5. The lowest BCUT2D eigenvalue weighted by molar-refractivity contribution is -0.121. The van der Waals surface area contributed by atoms with Crippen LogP contribution >= 0.6 is 45.9 Å². The highest BCUT2D eigenvalue weighted by Crippen LogP contribution is 2.33. The van der Waals surface area contributed by atoms with Crippen molar-refractivity contribution >= 4 is 51.7 Å². The molecule has 0 saturated carbocycles. The lowest BCUT2D eigenvalue weighted by Crippen LogP contribution is -2.14. The zero-order chi connectivity index (χ0) is 13.3. The number of rotatable bonds is 4. The Morgan fingerprint density at radius 2 is 1.44 bits per heavy atom. The highest BCUT2D eigenvalue weighted by Gasteiger charge is 2.25. The quantitative estimate of drug-likeness (QED) is 0.839. The first-order chi connectivity index (χ1) is 8.49. The molecule has 0 amide bonds. The molecule has 0 radical (unpaired) electrons. The number of aromatic nitrogens is 2. The van der Waals surface area contributed by atoms with E-state index in [0.717, 1.165) is 9.75 Å². The molecule has 0 bridgehead atoms. The van der Waals surface area contributed by atoms with E-state index in [2.05, 4.69) is 9.97 Å². The van der Waals surface area contributed by atoms with Crippen molar-refractivity contribution in [2.45, 2.75) is 25.7 Å². The van der Waals surface area contributed by atoms with Crippen LogP contribution in [0.2, 0.25) is 8.93 Å². The molecule has 2 aromatic heterocycles. The number of carbonyl (C=O) groups is 1. The van der Waals surface area contributed by atoms with Crippen LogP contribution in [0.4, 0.5) is 0 Å². The van der Waals surface area contributed by atoms with Crippen LogP contribution in [0.15, 0.2) is 12.4 Å². The summed E-state index contributed by atoms with van der Waals surface area (Å²) in [6, 6.07) is 0. The number of halogens is 2. The third kappa shape index (κ3) is 2.91. The zero-order valence-electron chi connectivity index (χ0n) is 9.68. The Labute approximate surface area is 123 Å². The maximum Gasteiger partial charge on any atom is 0.183 e. The van der Waals surface area contributed by atoms with Gasteiger partial charge in [-0.3, -0.25) is 4.79 Å². The summed E-state index contributed by atoms with van der Waals surface area (Å²) in [5.41, 5.74) is 0. The molecule has 0 aliphatic rings.